The number of rotatable bonds is 2. The largest absolute Gasteiger partial charge is 0.391 e. The van der Waals surface area contributed by atoms with Gasteiger partial charge in [0.15, 0.2) is 0 Å². The fraction of sp³-hybridized carbons (Fsp3) is 0.714. The number of ether oxygens (including phenoxy) is 1. The van der Waals surface area contributed by atoms with Crippen LogP contribution in [0, 0.1) is 5.92 Å². The first kappa shape index (κ1) is 17.5. The van der Waals surface area contributed by atoms with E-state index in [1.807, 2.05) is 0 Å². The van der Waals surface area contributed by atoms with Gasteiger partial charge in [0.2, 0.25) is 0 Å². The van der Waals surface area contributed by atoms with Crippen molar-refractivity contribution in [3.63, 3.8) is 0 Å². The van der Waals surface area contributed by atoms with Gasteiger partial charge in [0.1, 0.15) is 5.60 Å². The van der Waals surface area contributed by atoms with Crippen molar-refractivity contribution in [3.8, 4) is 0 Å². The zero-order valence-corrected chi connectivity index (χ0v) is 15.4. The van der Waals surface area contributed by atoms with Crippen LogP contribution in [0.25, 0.3) is 0 Å². The maximum atomic E-state index is 11.4. The number of hydrogen-bond donors (Lipinski definition) is 2. The lowest BCUT2D eigenvalue weighted by atomic mass is 9.78. The second-order valence-corrected chi connectivity index (χ2v) is 8.91. The molecule has 0 amide bonds. The predicted molar refractivity (Wildman–Crippen MR) is 97.5 cm³/mol. The predicted octanol–water partition coefficient (Wildman–Crippen LogP) is 2.55. The van der Waals surface area contributed by atoms with Gasteiger partial charge in [0.05, 0.1) is 24.4 Å². The van der Waals surface area contributed by atoms with Gasteiger partial charge in [0, 0.05) is 0 Å². The third kappa shape index (κ3) is 3.14. The number of aliphatic hydroxyl groups excluding tert-OH is 1. The van der Waals surface area contributed by atoms with E-state index in [1.54, 1.807) is 0 Å². The monoisotopic (exact) mass is 345 g/mol. The van der Waals surface area contributed by atoms with Crippen molar-refractivity contribution in [1.29, 1.82) is 0 Å². The SMILES string of the molecule is CC1(C)C[C@H]2C[C@@H](O)[C@H](N3CCC(c4ccccc4)CC3)[C@]2(O)CO1. The molecule has 0 bridgehead atoms. The van der Waals surface area contributed by atoms with Crippen LogP contribution in [-0.2, 0) is 4.74 Å². The highest BCUT2D eigenvalue weighted by Crippen LogP contribution is 2.48. The topological polar surface area (TPSA) is 52.9 Å². The smallest absolute Gasteiger partial charge is 0.109 e. The zero-order valence-electron chi connectivity index (χ0n) is 15.4. The number of hydrogen-bond acceptors (Lipinski definition) is 4. The van der Waals surface area contributed by atoms with Crippen molar-refractivity contribution < 1.29 is 14.9 Å². The number of piperidine rings is 1. The van der Waals surface area contributed by atoms with Crippen molar-refractivity contribution in [2.45, 2.75) is 68.8 Å². The average Bonchev–Trinajstić information content (AvgIpc) is 2.85. The van der Waals surface area contributed by atoms with Crippen molar-refractivity contribution in [2.75, 3.05) is 19.7 Å². The third-order valence-electron chi connectivity index (χ3n) is 6.74. The zero-order chi connectivity index (χ0) is 17.7. The molecule has 4 atom stereocenters. The van der Waals surface area contributed by atoms with E-state index in [1.165, 1.54) is 5.56 Å². The normalized spacial score (nSPS) is 39.3. The average molecular weight is 345 g/mol. The van der Waals surface area contributed by atoms with Gasteiger partial charge in [-0.15, -0.1) is 0 Å². The second kappa shape index (κ2) is 6.34. The maximum Gasteiger partial charge on any atom is 0.109 e. The van der Waals surface area contributed by atoms with Crippen LogP contribution in [-0.4, -0.2) is 58.2 Å². The van der Waals surface area contributed by atoms with Crippen LogP contribution in [0.1, 0.15) is 51.0 Å². The molecule has 0 radical (unpaired) electrons. The van der Waals surface area contributed by atoms with Crippen molar-refractivity contribution in [1.82, 2.24) is 4.90 Å². The summed E-state index contributed by atoms with van der Waals surface area (Å²) >= 11 is 0. The van der Waals surface area contributed by atoms with Crippen LogP contribution in [0.4, 0.5) is 0 Å². The molecule has 1 aromatic carbocycles. The summed E-state index contributed by atoms with van der Waals surface area (Å²) in [6.07, 6.45) is 3.21. The molecule has 1 saturated carbocycles. The van der Waals surface area contributed by atoms with Gasteiger partial charge in [-0.25, -0.2) is 0 Å². The van der Waals surface area contributed by atoms with Crippen LogP contribution in [0.5, 0.6) is 0 Å². The van der Waals surface area contributed by atoms with E-state index in [2.05, 4.69) is 49.1 Å². The quantitative estimate of drug-likeness (QED) is 0.865. The molecule has 2 heterocycles. The number of nitrogens with zero attached hydrogens (tertiary/aromatic N) is 1. The number of likely N-dealkylation sites (tertiary alicyclic amines) is 1. The Balaban J connectivity index is 1.46. The molecule has 3 fully saturated rings. The lowest BCUT2D eigenvalue weighted by Crippen LogP contribution is -2.62. The molecule has 0 aromatic heterocycles. The summed E-state index contributed by atoms with van der Waals surface area (Å²) in [5, 5.41) is 22.1. The number of benzene rings is 1. The highest BCUT2D eigenvalue weighted by Gasteiger charge is 2.59. The van der Waals surface area contributed by atoms with Crippen molar-refractivity contribution in [3.05, 3.63) is 35.9 Å². The Labute approximate surface area is 150 Å². The van der Waals surface area contributed by atoms with Crippen molar-refractivity contribution >= 4 is 0 Å². The summed E-state index contributed by atoms with van der Waals surface area (Å²) in [6, 6.07) is 10.5. The fourth-order valence-electron chi connectivity index (χ4n) is 5.42. The van der Waals surface area contributed by atoms with Gasteiger partial charge in [-0.1, -0.05) is 30.3 Å². The Morgan fingerprint density at radius 1 is 1.12 bits per heavy atom. The molecule has 2 saturated heterocycles. The molecule has 3 aliphatic rings. The molecule has 2 N–H and O–H groups in total. The highest BCUT2D eigenvalue weighted by molar-refractivity contribution is 5.20. The molecule has 4 heteroatoms. The minimum atomic E-state index is -0.908. The summed E-state index contributed by atoms with van der Waals surface area (Å²) in [5.74, 6) is 0.714. The molecule has 4 nitrogen and oxygen atoms in total. The minimum Gasteiger partial charge on any atom is -0.391 e. The Hall–Kier alpha value is -0.940. The third-order valence-corrected chi connectivity index (χ3v) is 6.74. The lowest BCUT2D eigenvalue weighted by Gasteiger charge is -2.49. The first-order valence-electron chi connectivity index (χ1n) is 9.72. The molecule has 0 spiro atoms. The summed E-state index contributed by atoms with van der Waals surface area (Å²) < 4.78 is 5.95. The first-order valence-corrected chi connectivity index (χ1v) is 9.72. The van der Waals surface area contributed by atoms with Gasteiger partial charge in [0.25, 0.3) is 0 Å². The van der Waals surface area contributed by atoms with Gasteiger partial charge in [-0.2, -0.15) is 0 Å². The van der Waals surface area contributed by atoms with E-state index in [4.69, 9.17) is 4.74 Å². The van der Waals surface area contributed by atoms with Gasteiger partial charge in [-0.05, 0) is 70.0 Å². The summed E-state index contributed by atoms with van der Waals surface area (Å²) in [5.41, 5.74) is 0.300. The highest BCUT2D eigenvalue weighted by atomic mass is 16.5. The molecule has 138 valence electrons. The lowest BCUT2D eigenvalue weighted by molar-refractivity contribution is -0.199. The molecule has 0 unspecified atom stereocenters. The number of fused-ring (bicyclic) bond motifs is 1. The first-order chi connectivity index (χ1) is 11.9. The Morgan fingerprint density at radius 3 is 2.48 bits per heavy atom. The van der Waals surface area contributed by atoms with Gasteiger partial charge in [-0.3, -0.25) is 4.90 Å². The second-order valence-electron chi connectivity index (χ2n) is 8.91. The van der Waals surface area contributed by atoms with Crippen LogP contribution < -0.4 is 0 Å². The molecule has 1 aromatic rings. The standard InChI is InChI=1S/C21H31NO3/c1-20(2)13-17-12-18(23)19(21(17,24)14-25-20)22-10-8-16(9-11-22)15-6-4-3-5-7-15/h3-7,16-19,23-24H,8-14H2,1-2H3/t17-,18-,19+,21+/m1/s1. The summed E-state index contributed by atoms with van der Waals surface area (Å²) in [6.45, 7) is 6.36. The maximum absolute atomic E-state index is 11.4. The molecule has 2 aliphatic heterocycles. The summed E-state index contributed by atoms with van der Waals surface area (Å²) in [7, 11) is 0. The van der Waals surface area contributed by atoms with Crippen LogP contribution >= 0.6 is 0 Å². The molecule has 4 rings (SSSR count). The molecule has 25 heavy (non-hydrogen) atoms. The summed E-state index contributed by atoms with van der Waals surface area (Å²) in [4.78, 5) is 2.33. The van der Waals surface area contributed by atoms with E-state index in [9.17, 15) is 10.2 Å². The van der Waals surface area contributed by atoms with E-state index in [-0.39, 0.29) is 17.6 Å². The molecular weight excluding hydrogens is 314 g/mol. The van der Waals surface area contributed by atoms with E-state index < -0.39 is 11.7 Å². The van der Waals surface area contributed by atoms with Crippen LogP contribution in [0.3, 0.4) is 0 Å². The van der Waals surface area contributed by atoms with Crippen LogP contribution in [0.15, 0.2) is 30.3 Å². The fourth-order valence-corrected chi connectivity index (χ4v) is 5.42. The molecule has 1 aliphatic carbocycles. The Kier molecular flexibility index (Phi) is 4.43. The Bertz CT molecular complexity index is 596. The Morgan fingerprint density at radius 2 is 1.80 bits per heavy atom. The number of aliphatic hydroxyl groups is 2. The van der Waals surface area contributed by atoms with E-state index in [0.717, 1.165) is 32.4 Å². The van der Waals surface area contributed by atoms with E-state index >= 15 is 0 Å². The van der Waals surface area contributed by atoms with Gasteiger partial charge >= 0.3 is 0 Å². The minimum absolute atomic E-state index is 0.128. The van der Waals surface area contributed by atoms with E-state index in [0.29, 0.717) is 18.9 Å². The molecular formula is C21H31NO3. The van der Waals surface area contributed by atoms with Gasteiger partial charge < -0.3 is 14.9 Å². The van der Waals surface area contributed by atoms with Crippen molar-refractivity contribution in [2.24, 2.45) is 5.92 Å². The van der Waals surface area contributed by atoms with Crippen LogP contribution in [0.2, 0.25) is 0 Å².